The average Bonchev–Trinajstić information content (AvgIpc) is 3.09. The number of pyridine rings is 1. The number of fused-ring (bicyclic) bond motifs is 2. The summed E-state index contributed by atoms with van der Waals surface area (Å²) in [5.74, 6) is 3.05. The Hall–Kier alpha value is -1.29. The van der Waals surface area contributed by atoms with E-state index in [1.54, 1.807) is 13.1 Å². The molecule has 0 aliphatic heterocycles. The maximum Gasteiger partial charge on any atom is 0.255 e. The third kappa shape index (κ3) is 2.86. The van der Waals surface area contributed by atoms with Gasteiger partial charge in [-0.1, -0.05) is 18.0 Å². The molecule has 3 atom stereocenters. The first kappa shape index (κ1) is 14.6. The number of amides is 1. The Morgan fingerprint density at radius 2 is 2.29 bits per heavy atom. The SMILES string of the molecule is CNc1cc(C(=O)N(C)CC2CC3CCC2C3)c(Cl)cn1. The highest BCUT2D eigenvalue weighted by Gasteiger charge is 2.40. The second-order valence-corrected chi connectivity index (χ2v) is 6.83. The summed E-state index contributed by atoms with van der Waals surface area (Å²) < 4.78 is 0. The van der Waals surface area contributed by atoms with E-state index in [1.807, 2.05) is 11.9 Å². The maximum atomic E-state index is 12.6. The Bertz CT molecular complexity index is 548. The van der Waals surface area contributed by atoms with Crippen molar-refractivity contribution in [3.05, 3.63) is 22.8 Å². The molecule has 4 nitrogen and oxygen atoms in total. The van der Waals surface area contributed by atoms with Crippen molar-refractivity contribution in [2.75, 3.05) is 26.0 Å². The van der Waals surface area contributed by atoms with Gasteiger partial charge in [0.05, 0.1) is 10.6 Å². The van der Waals surface area contributed by atoms with E-state index in [0.717, 1.165) is 18.4 Å². The van der Waals surface area contributed by atoms with Gasteiger partial charge in [-0.25, -0.2) is 4.98 Å². The van der Waals surface area contributed by atoms with Gasteiger partial charge < -0.3 is 10.2 Å². The number of carbonyl (C=O) groups excluding carboxylic acids is 1. The number of rotatable bonds is 4. The van der Waals surface area contributed by atoms with Crippen molar-refractivity contribution < 1.29 is 4.79 Å². The van der Waals surface area contributed by atoms with Gasteiger partial charge in [0.2, 0.25) is 0 Å². The molecule has 1 aromatic rings. The molecule has 2 fully saturated rings. The highest BCUT2D eigenvalue weighted by Crippen LogP contribution is 2.48. The van der Waals surface area contributed by atoms with Crippen LogP contribution < -0.4 is 5.32 Å². The van der Waals surface area contributed by atoms with Crippen molar-refractivity contribution in [3.8, 4) is 0 Å². The van der Waals surface area contributed by atoms with Gasteiger partial charge in [-0.15, -0.1) is 0 Å². The van der Waals surface area contributed by atoms with Crippen LogP contribution in [0.1, 0.15) is 36.0 Å². The van der Waals surface area contributed by atoms with Crippen molar-refractivity contribution in [3.63, 3.8) is 0 Å². The van der Waals surface area contributed by atoms with Crippen molar-refractivity contribution in [2.45, 2.75) is 25.7 Å². The first-order valence-corrected chi connectivity index (χ1v) is 8.05. The first-order valence-electron chi connectivity index (χ1n) is 7.67. The lowest BCUT2D eigenvalue weighted by Crippen LogP contribution is -2.34. The summed E-state index contributed by atoms with van der Waals surface area (Å²) >= 11 is 6.13. The third-order valence-corrected chi connectivity index (χ3v) is 5.38. The summed E-state index contributed by atoms with van der Waals surface area (Å²) in [6.45, 7) is 0.841. The molecule has 3 unspecified atom stereocenters. The topological polar surface area (TPSA) is 45.2 Å². The van der Waals surface area contributed by atoms with E-state index in [2.05, 4.69) is 10.3 Å². The molecule has 0 saturated heterocycles. The van der Waals surface area contributed by atoms with E-state index in [1.165, 1.54) is 31.9 Å². The van der Waals surface area contributed by atoms with E-state index in [4.69, 9.17) is 11.6 Å². The van der Waals surface area contributed by atoms with Gasteiger partial charge in [0, 0.05) is 26.8 Å². The fraction of sp³-hybridized carbons (Fsp3) is 0.625. The molecular formula is C16H22ClN3O. The molecule has 2 aliphatic rings. The highest BCUT2D eigenvalue weighted by atomic mass is 35.5. The third-order valence-electron chi connectivity index (χ3n) is 5.08. The number of anilines is 1. The van der Waals surface area contributed by atoms with Gasteiger partial charge in [0.25, 0.3) is 5.91 Å². The predicted molar refractivity (Wildman–Crippen MR) is 84.7 cm³/mol. The average molecular weight is 308 g/mol. The van der Waals surface area contributed by atoms with E-state index in [9.17, 15) is 4.79 Å². The molecule has 1 heterocycles. The number of hydrogen-bond donors (Lipinski definition) is 1. The van der Waals surface area contributed by atoms with E-state index >= 15 is 0 Å². The zero-order valence-corrected chi connectivity index (χ0v) is 13.4. The minimum Gasteiger partial charge on any atom is -0.373 e. The molecule has 1 N–H and O–H groups in total. The zero-order valence-electron chi connectivity index (χ0n) is 12.6. The van der Waals surface area contributed by atoms with Crippen molar-refractivity contribution >= 4 is 23.3 Å². The van der Waals surface area contributed by atoms with Crippen molar-refractivity contribution in [1.29, 1.82) is 0 Å². The molecule has 0 spiro atoms. The summed E-state index contributed by atoms with van der Waals surface area (Å²) in [7, 11) is 3.66. The largest absolute Gasteiger partial charge is 0.373 e. The molecule has 3 rings (SSSR count). The number of nitrogens with one attached hydrogen (secondary N) is 1. The molecule has 2 aliphatic carbocycles. The second kappa shape index (κ2) is 5.84. The fourth-order valence-corrected chi connectivity index (χ4v) is 4.16. The zero-order chi connectivity index (χ0) is 15.0. The van der Waals surface area contributed by atoms with E-state index < -0.39 is 0 Å². The van der Waals surface area contributed by atoms with Crippen LogP contribution in [0.4, 0.5) is 5.82 Å². The molecule has 2 saturated carbocycles. The second-order valence-electron chi connectivity index (χ2n) is 6.42. The Morgan fingerprint density at radius 1 is 1.48 bits per heavy atom. The van der Waals surface area contributed by atoms with Gasteiger partial charge in [0.15, 0.2) is 0 Å². The van der Waals surface area contributed by atoms with Crippen LogP contribution in [0, 0.1) is 17.8 Å². The van der Waals surface area contributed by atoms with Gasteiger partial charge in [-0.3, -0.25) is 4.79 Å². The highest BCUT2D eigenvalue weighted by molar-refractivity contribution is 6.33. The van der Waals surface area contributed by atoms with Crippen molar-refractivity contribution in [1.82, 2.24) is 9.88 Å². The maximum absolute atomic E-state index is 12.6. The number of aromatic nitrogens is 1. The standard InChI is InChI=1S/C16H22ClN3O/c1-18-15-7-13(14(17)8-19-15)16(21)20(2)9-12-6-10-3-4-11(12)5-10/h7-8,10-12H,3-6,9H2,1-2H3,(H,18,19). The molecule has 5 heteroatoms. The van der Waals surface area contributed by atoms with Crippen LogP contribution in [0.2, 0.25) is 5.02 Å². The van der Waals surface area contributed by atoms with Crippen LogP contribution in [0.5, 0.6) is 0 Å². The van der Waals surface area contributed by atoms with Crippen LogP contribution in [0.3, 0.4) is 0 Å². The lowest BCUT2D eigenvalue weighted by Gasteiger charge is -2.27. The molecular weight excluding hydrogens is 286 g/mol. The number of halogens is 1. The molecule has 2 bridgehead atoms. The molecule has 0 radical (unpaired) electrons. The van der Waals surface area contributed by atoms with Crippen LogP contribution in [0.25, 0.3) is 0 Å². The smallest absolute Gasteiger partial charge is 0.255 e. The van der Waals surface area contributed by atoms with Gasteiger partial charge in [-0.05, 0) is 43.1 Å². The summed E-state index contributed by atoms with van der Waals surface area (Å²) in [5.41, 5.74) is 0.529. The van der Waals surface area contributed by atoms with Crippen LogP contribution >= 0.6 is 11.6 Å². The molecule has 1 aromatic heterocycles. The summed E-state index contributed by atoms with van der Waals surface area (Å²) in [4.78, 5) is 18.6. The van der Waals surface area contributed by atoms with Crippen LogP contribution in [-0.2, 0) is 0 Å². The summed E-state index contributed by atoms with van der Waals surface area (Å²) in [5, 5.41) is 3.36. The van der Waals surface area contributed by atoms with Crippen LogP contribution in [-0.4, -0.2) is 36.4 Å². The molecule has 114 valence electrons. The Kier molecular flexibility index (Phi) is 4.07. The quantitative estimate of drug-likeness (QED) is 0.928. The van der Waals surface area contributed by atoms with Gasteiger partial charge >= 0.3 is 0 Å². The monoisotopic (exact) mass is 307 g/mol. The number of nitrogens with zero attached hydrogens (tertiary/aromatic N) is 2. The lowest BCUT2D eigenvalue weighted by atomic mass is 9.88. The normalized spacial score (nSPS) is 26.9. The lowest BCUT2D eigenvalue weighted by molar-refractivity contribution is 0.0754. The van der Waals surface area contributed by atoms with Crippen LogP contribution in [0.15, 0.2) is 12.3 Å². The summed E-state index contributed by atoms with van der Waals surface area (Å²) in [6, 6.07) is 1.72. The minimum atomic E-state index is -0.0123. The summed E-state index contributed by atoms with van der Waals surface area (Å²) in [6.07, 6.45) is 6.92. The fourth-order valence-electron chi connectivity index (χ4n) is 3.98. The minimum absolute atomic E-state index is 0.0123. The van der Waals surface area contributed by atoms with Gasteiger partial charge in [0.1, 0.15) is 5.82 Å². The Labute approximate surface area is 130 Å². The molecule has 1 amide bonds. The molecule has 21 heavy (non-hydrogen) atoms. The number of hydrogen-bond acceptors (Lipinski definition) is 3. The Morgan fingerprint density at radius 3 is 2.90 bits per heavy atom. The van der Waals surface area contributed by atoms with E-state index in [-0.39, 0.29) is 5.91 Å². The van der Waals surface area contributed by atoms with E-state index in [0.29, 0.717) is 22.3 Å². The predicted octanol–water partition coefficient (Wildman–Crippen LogP) is 3.28. The van der Waals surface area contributed by atoms with Crippen molar-refractivity contribution in [2.24, 2.45) is 17.8 Å². The first-order chi connectivity index (χ1) is 10.1. The Balaban J connectivity index is 1.69. The number of carbonyl (C=O) groups is 1. The molecule has 0 aromatic carbocycles. The van der Waals surface area contributed by atoms with Gasteiger partial charge in [-0.2, -0.15) is 0 Å².